The van der Waals surface area contributed by atoms with E-state index in [1.165, 1.54) is 35.6 Å². The van der Waals surface area contributed by atoms with Gasteiger partial charge in [-0.1, -0.05) is 79.6 Å². The Balaban J connectivity index is 1.32. The molecule has 1 aliphatic carbocycles. The summed E-state index contributed by atoms with van der Waals surface area (Å²) >= 11 is 1.63. The summed E-state index contributed by atoms with van der Waals surface area (Å²) in [5.41, 5.74) is 3.70. The number of hydrogen-bond acceptors (Lipinski definition) is 5. The highest BCUT2D eigenvalue weighted by Gasteiger charge is 2.23. The predicted octanol–water partition coefficient (Wildman–Crippen LogP) is 6.14. The molecule has 1 saturated carbocycles. The van der Waals surface area contributed by atoms with Crippen molar-refractivity contribution in [2.75, 3.05) is 0 Å². The largest absolute Gasteiger partial charge is 0.303 e. The number of aryl methyl sites for hydroxylation is 1. The molecule has 36 heavy (non-hydrogen) atoms. The van der Waals surface area contributed by atoms with Crippen LogP contribution in [0.5, 0.6) is 0 Å². The molecule has 3 aromatic heterocycles. The first kappa shape index (κ1) is 23.0. The van der Waals surface area contributed by atoms with Gasteiger partial charge >= 0.3 is 0 Å². The minimum Gasteiger partial charge on any atom is -0.303 e. The second kappa shape index (κ2) is 9.90. The van der Waals surface area contributed by atoms with Crippen molar-refractivity contribution in [3.05, 3.63) is 99.9 Å². The van der Waals surface area contributed by atoms with Crippen LogP contribution in [0.25, 0.3) is 16.4 Å². The summed E-state index contributed by atoms with van der Waals surface area (Å²) in [5.74, 6) is 1.60. The van der Waals surface area contributed by atoms with Gasteiger partial charge in [0.1, 0.15) is 11.5 Å². The number of benzene rings is 2. The van der Waals surface area contributed by atoms with Crippen LogP contribution in [0, 0.1) is 6.92 Å². The van der Waals surface area contributed by atoms with Gasteiger partial charge in [0.15, 0.2) is 5.16 Å². The highest BCUT2D eigenvalue weighted by molar-refractivity contribution is 7.98. The van der Waals surface area contributed by atoms with E-state index in [9.17, 15) is 4.79 Å². The molecule has 2 aromatic carbocycles. The highest BCUT2D eigenvalue weighted by Crippen LogP contribution is 2.34. The van der Waals surface area contributed by atoms with E-state index in [0.717, 1.165) is 41.5 Å². The summed E-state index contributed by atoms with van der Waals surface area (Å²) in [7, 11) is 0. The number of nitrogens with zero attached hydrogens (tertiary/aromatic N) is 5. The number of hydrogen-bond donors (Lipinski definition) is 0. The number of rotatable bonds is 6. The molecule has 5 aromatic rings. The first-order valence-corrected chi connectivity index (χ1v) is 13.7. The van der Waals surface area contributed by atoms with E-state index in [1.807, 2.05) is 25.3 Å². The standard InChI is InChI=1S/C29H29N5OS/c1-20-14-15-26-30-23(17-28(35)33(26)18-20)19-36-29-32-31-27(34(29)24-11-3-2-4-12-24)16-22-10-7-9-21-8-5-6-13-25(21)22/h5-10,13-15,17-18,24H,2-4,11-12,16,19H2,1H3. The fourth-order valence-electron chi connectivity index (χ4n) is 5.32. The van der Waals surface area contributed by atoms with Crippen molar-refractivity contribution < 1.29 is 0 Å². The SMILES string of the molecule is Cc1ccc2nc(CSc3nnc(Cc4cccc5ccccc45)n3C3CCCCC3)cc(=O)n2c1. The van der Waals surface area contributed by atoms with Gasteiger partial charge in [0.25, 0.3) is 5.56 Å². The molecule has 0 N–H and O–H groups in total. The lowest BCUT2D eigenvalue weighted by Gasteiger charge is -2.25. The zero-order chi connectivity index (χ0) is 24.5. The molecule has 0 amide bonds. The Bertz CT molecular complexity index is 1590. The number of thioether (sulfide) groups is 1. The molecular formula is C29H29N5OS. The van der Waals surface area contributed by atoms with Crippen molar-refractivity contribution in [2.45, 2.75) is 62.4 Å². The molecule has 182 valence electrons. The Kier molecular flexibility index (Phi) is 6.32. The van der Waals surface area contributed by atoms with Crippen LogP contribution in [0.1, 0.15) is 60.8 Å². The lowest BCUT2D eigenvalue weighted by molar-refractivity contribution is 0.330. The van der Waals surface area contributed by atoms with Crippen LogP contribution < -0.4 is 5.56 Å². The van der Waals surface area contributed by atoms with Crippen molar-refractivity contribution in [2.24, 2.45) is 0 Å². The molecule has 6 nitrogen and oxygen atoms in total. The van der Waals surface area contributed by atoms with Crippen LogP contribution in [0.4, 0.5) is 0 Å². The molecule has 0 radical (unpaired) electrons. The van der Waals surface area contributed by atoms with E-state index in [1.54, 1.807) is 22.2 Å². The molecule has 0 saturated heterocycles. The predicted molar refractivity (Wildman–Crippen MR) is 145 cm³/mol. The van der Waals surface area contributed by atoms with Crippen LogP contribution in [0.15, 0.2) is 76.8 Å². The summed E-state index contributed by atoms with van der Waals surface area (Å²) in [6, 6.07) is 20.9. The van der Waals surface area contributed by atoms with Gasteiger partial charge in [-0.3, -0.25) is 9.20 Å². The van der Waals surface area contributed by atoms with Gasteiger partial charge in [0.2, 0.25) is 0 Å². The Labute approximate surface area is 214 Å². The van der Waals surface area contributed by atoms with Gasteiger partial charge in [-0.15, -0.1) is 10.2 Å². The topological polar surface area (TPSA) is 65.1 Å². The molecule has 1 fully saturated rings. The molecule has 6 rings (SSSR count). The van der Waals surface area contributed by atoms with Crippen LogP contribution in [0.2, 0.25) is 0 Å². The van der Waals surface area contributed by atoms with E-state index < -0.39 is 0 Å². The molecule has 0 spiro atoms. The first-order chi connectivity index (χ1) is 17.7. The summed E-state index contributed by atoms with van der Waals surface area (Å²) in [5, 5.41) is 12.8. The van der Waals surface area contributed by atoms with Crippen LogP contribution >= 0.6 is 11.8 Å². The quantitative estimate of drug-likeness (QED) is 0.265. The average molecular weight is 496 g/mol. The van der Waals surface area contributed by atoms with Crippen molar-refractivity contribution in [3.8, 4) is 0 Å². The van der Waals surface area contributed by atoms with E-state index >= 15 is 0 Å². The van der Waals surface area contributed by atoms with E-state index in [0.29, 0.717) is 17.4 Å². The molecule has 0 atom stereocenters. The van der Waals surface area contributed by atoms with E-state index in [4.69, 9.17) is 4.98 Å². The third-order valence-electron chi connectivity index (χ3n) is 7.11. The Morgan fingerprint density at radius 1 is 0.972 bits per heavy atom. The maximum atomic E-state index is 12.7. The lowest BCUT2D eigenvalue weighted by Crippen LogP contribution is -2.17. The van der Waals surface area contributed by atoms with Gasteiger partial charge in [0, 0.05) is 30.5 Å². The molecule has 0 unspecified atom stereocenters. The number of pyridine rings is 1. The van der Waals surface area contributed by atoms with Gasteiger partial charge < -0.3 is 4.57 Å². The normalized spacial score (nSPS) is 14.6. The third kappa shape index (κ3) is 4.55. The first-order valence-electron chi connectivity index (χ1n) is 12.7. The zero-order valence-corrected chi connectivity index (χ0v) is 21.2. The van der Waals surface area contributed by atoms with Gasteiger partial charge in [-0.25, -0.2) is 4.98 Å². The molecule has 3 heterocycles. The second-order valence-electron chi connectivity index (χ2n) is 9.68. The zero-order valence-electron chi connectivity index (χ0n) is 20.4. The monoisotopic (exact) mass is 495 g/mol. The summed E-state index contributed by atoms with van der Waals surface area (Å²) in [6.45, 7) is 1.98. The molecule has 1 aliphatic rings. The molecule has 7 heteroatoms. The fraction of sp³-hybridized carbons (Fsp3) is 0.310. The third-order valence-corrected chi connectivity index (χ3v) is 8.09. The molecule has 0 aliphatic heterocycles. The smallest absolute Gasteiger partial charge is 0.258 e. The van der Waals surface area contributed by atoms with Crippen LogP contribution in [0.3, 0.4) is 0 Å². The maximum absolute atomic E-state index is 12.7. The fourth-order valence-corrected chi connectivity index (χ4v) is 6.24. The van der Waals surface area contributed by atoms with Crippen molar-refractivity contribution in [3.63, 3.8) is 0 Å². The lowest BCUT2D eigenvalue weighted by atomic mass is 9.95. The minimum absolute atomic E-state index is 0.0512. The van der Waals surface area contributed by atoms with Gasteiger partial charge in [0.05, 0.1) is 5.69 Å². The minimum atomic E-state index is -0.0512. The maximum Gasteiger partial charge on any atom is 0.258 e. The number of fused-ring (bicyclic) bond motifs is 2. The summed E-state index contributed by atoms with van der Waals surface area (Å²) < 4.78 is 3.99. The molecule has 0 bridgehead atoms. The summed E-state index contributed by atoms with van der Waals surface area (Å²) in [6.07, 6.45) is 8.67. The Morgan fingerprint density at radius 3 is 2.69 bits per heavy atom. The van der Waals surface area contributed by atoms with Crippen molar-refractivity contribution >= 4 is 28.2 Å². The average Bonchev–Trinajstić information content (AvgIpc) is 3.31. The van der Waals surface area contributed by atoms with Gasteiger partial charge in [-0.05, 0) is 47.7 Å². The summed E-state index contributed by atoms with van der Waals surface area (Å²) in [4.78, 5) is 17.4. The Morgan fingerprint density at radius 2 is 1.81 bits per heavy atom. The van der Waals surface area contributed by atoms with E-state index in [2.05, 4.69) is 57.2 Å². The second-order valence-corrected chi connectivity index (χ2v) is 10.6. The number of aromatic nitrogens is 5. The van der Waals surface area contributed by atoms with Crippen LogP contribution in [-0.4, -0.2) is 24.1 Å². The van der Waals surface area contributed by atoms with Crippen LogP contribution in [-0.2, 0) is 12.2 Å². The highest BCUT2D eigenvalue weighted by atomic mass is 32.2. The van der Waals surface area contributed by atoms with E-state index in [-0.39, 0.29) is 5.56 Å². The van der Waals surface area contributed by atoms with Gasteiger partial charge in [-0.2, -0.15) is 0 Å². The molecular weight excluding hydrogens is 466 g/mol. The van der Waals surface area contributed by atoms with Crippen molar-refractivity contribution in [1.82, 2.24) is 24.1 Å². The van der Waals surface area contributed by atoms with Crippen molar-refractivity contribution in [1.29, 1.82) is 0 Å². The Hall–Kier alpha value is -3.45.